The molecule has 0 radical (unpaired) electrons. The summed E-state index contributed by atoms with van der Waals surface area (Å²) in [5, 5.41) is 13.1. The number of ether oxygens (including phenoxy) is 1. The van der Waals surface area contributed by atoms with Crippen LogP contribution in [0.15, 0.2) is 95.6 Å². The Hall–Kier alpha value is -4.69. The Kier molecular flexibility index (Phi) is 7.33. The van der Waals surface area contributed by atoms with Gasteiger partial charge in [0.1, 0.15) is 11.9 Å². The van der Waals surface area contributed by atoms with E-state index < -0.39 is 18.0 Å². The van der Waals surface area contributed by atoms with Gasteiger partial charge in [0.15, 0.2) is 5.82 Å². The molecule has 5 rings (SSSR count). The fraction of sp³-hybridized carbons (Fsp3) is 0.167. The molecule has 8 nitrogen and oxygen atoms in total. The Bertz CT molecular complexity index is 1540. The quantitative estimate of drug-likeness (QED) is 0.271. The third kappa shape index (κ3) is 5.35. The van der Waals surface area contributed by atoms with Gasteiger partial charge in [0.05, 0.1) is 36.0 Å². The number of hydrogen-bond acceptors (Lipinski definition) is 6. The van der Waals surface area contributed by atoms with Crippen molar-refractivity contribution in [3.8, 4) is 11.1 Å². The highest BCUT2D eigenvalue weighted by atomic mass is 16.5. The lowest BCUT2D eigenvalue weighted by Crippen LogP contribution is -2.30. The van der Waals surface area contributed by atoms with Crippen molar-refractivity contribution in [2.24, 2.45) is 0 Å². The molecule has 0 aliphatic rings. The van der Waals surface area contributed by atoms with Crippen LogP contribution in [0.3, 0.4) is 0 Å². The zero-order valence-corrected chi connectivity index (χ0v) is 20.8. The minimum Gasteiger partial charge on any atom is -0.467 e. The number of aromatic nitrogens is 2. The Balaban J connectivity index is 1.46. The fourth-order valence-electron chi connectivity index (χ4n) is 4.26. The molecule has 3 aromatic carbocycles. The number of fused-ring (bicyclic) bond motifs is 1. The van der Waals surface area contributed by atoms with Gasteiger partial charge in [-0.05, 0) is 53.9 Å². The van der Waals surface area contributed by atoms with Gasteiger partial charge in [-0.15, -0.1) is 0 Å². The SMILES string of the molecule is CCOC(=O)c1ccc2nc(C(=O)NCC(O)c3ccco3)n(Cc3ccc(-c4ccccc4)cc3)c2c1. The predicted octanol–water partition coefficient (Wildman–Crippen LogP) is 4.98. The maximum atomic E-state index is 13.2. The molecule has 1 unspecified atom stereocenters. The zero-order chi connectivity index (χ0) is 26.5. The van der Waals surface area contributed by atoms with Crippen LogP contribution in [0.25, 0.3) is 22.2 Å². The van der Waals surface area contributed by atoms with Crippen molar-refractivity contribution in [2.45, 2.75) is 19.6 Å². The van der Waals surface area contributed by atoms with Crippen molar-refractivity contribution in [3.63, 3.8) is 0 Å². The van der Waals surface area contributed by atoms with Crippen LogP contribution in [0.2, 0.25) is 0 Å². The van der Waals surface area contributed by atoms with Gasteiger partial charge in [-0.25, -0.2) is 9.78 Å². The number of rotatable bonds is 9. The summed E-state index contributed by atoms with van der Waals surface area (Å²) >= 11 is 0. The summed E-state index contributed by atoms with van der Waals surface area (Å²) in [6.45, 7) is 2.31. The second kappa shape index (κ2) is 11.1. The number of furan rings is 1. The molecule has 38 heavy (non-hydrogen) atoms. The number of carbonyl (C=O) groups excluding carboxylic acids is 2. The van der Waals surface area contributed by atoms with Gasteiger partial charge >= 0.3 is 5.97 Å². The molecule has 192 valence electrons. The largest absolute Gasteiger partial charge is 0.467 e. The van der Waals surface area contributed by atoms with Gasteiger partial charge in [-0.3, -0.25) is 4.79 Å². The number of nitrogens with one attached hydrogen (secondary N) is 1. The smallest absolute Gasteiger partial charge is 0.338 e. The molecular weight excluding hydrogens is 482 g/mol. The Labute approximate surface area is 219 Å². The van der Waals surface area contributed by atoms with Crippen LogP contribution in [0, 0.1) is 0 Å². The normalized spacial score (nSPS) is 11.8. The third-order valence-electron chi connectivity index (χ3n) is 6.19. The van der Waals surface area contributed by atoms with E-state index in [1.54, 1.807) is 41.8 Å². The zero-order valence-electron chi connectivity index (χ0n) is 20.8. The highest BCUT2D eigenvalue weighted by molar-refractivity contribution is 5.98. The number of aliphatic hydroxyl groups excluding tert-OH is 1. The Morgan fingerprint density at radius 1 is 1.00 bits per heavy atom. The minimum absolute atomic E-state index is 0.0462. The van der Waals surface area contributed by atoms with Crippen LogP contribution in [0.1, 0.15) is 45.3 Å². The van der Waals surface area contributed by atoms with Crippen molar-refractivity contribution in [2.75, 3.05) is 13.2 Å². The first kappa shape index (κ1) is 25.0. The molecule has 0 aliphatic carbocycles. The minimum atomic E-state index is -0.993. The van der Waals surface area contributed by atoms with E-state index in [2.05, 4.69) is 22.4 Å². The van der Waals surface area contributed by atoms with E-state index in [1.807, 2.05) is 42.5 Å². The van der Waals surface area contributed by atoms with Gasteiger partial charge in [0, 0.05) is 6.54 Å². The summed E-state index contributed by atoms with van der Waals surface area (Å²) in [5.41, 5.74) is 4.71. The summed E-state index contributed by atoms with van der Waals surface area (Å²) < 4.78 is 12.1. The molecule has 0 fully saturated rings. The molecule has 5 aromatic rings. The molecule has 8 heteroatoms. The van der Waals surface area contributed by atoms with E-state index in [0.29, 0.717) is 28.9 Å². The molecule has 2 aromatic heterocycles. The van der Waals surface area contributed by atoms with Crippen LogP contribution in [-0.2, 0) is 11.3 Å². The molecule has 2 N–H and O–H groups in total. The number of amides is 1. The number of hydrogen-bond donors (Lipinski definition) is 2. The van der Waals surface area contributed by atoms with E-state index >= 15 is 0 Å². The van der Waals surface area contributed by atoms with Gasteiger partial charge in [-0.1, -0.05) is 54.6 Å². The van der Waals surface area contributed by atoms with Crippen LogP contribution in [-0.4, -0.2) is 39.7 Å². The monoisotopic (exact) mass is 509 g/mol. The van der Waals surface area contributed by atoms with Gasteiger partial charge in [0.25, 0.3) is 5.91 Å². The van der Waals surface area contributed by atoms with Gasteiger partial charge in [-0.2, -0.15) is 0 Å². The first-order chi connectivity index (χ1) is 18.5. The first-order valence-corrected chi connectivity index (χ1v) is 12.3. The number of esters is 1. The molecule has 2 heterocycles. The molecule has 0 saturated carbocycles. The third-order valence-corrected chi connectivity index (χ3v) is 6.19. The lowest BCUT2D eigenvalue weighted by Gasteiger charge is -2.12. The maximum absolute atomic E-state index is 13.2. The number of imidazole rings is 1. The van der Waals surface area contributed by atoms with Crippen LogP contribution in [0.4, 0.5) is 0 Å². The first-order valence-electron chi connectivity index (χ1n) is 12.3. The number of benzene rings is 3. The van der Waals surface area contributed by atoms with E-state index in [1.165, 1.54) is 6.26 Å². The predicted molar refractivity (Wildman–Crippen MR) is 143 cm³/mol. The standard InChI is InChI=1S/C30H27N3O5/c1-2-37-30(36)23-14-15-24-25(17-23)33(19-20-10-12-22(13-11-20)21-7-4-3-5-8-21)28(32-24)29(35)31-18-26(34)27-9-6-16-38-27/h3-17,26,34H,2,18-19H2,1H3,(H,31,35). The van der Waals surface area contributed by atoms with E-state index in [-0.39, 0.29) is 19.0 Å². The lowest BCUT2D eigenvalue weighted by atomic mass is 10.0. The van der Waals surface area contributed by atoms with Crippen molar-refractivity contribution < 1.29 is 23.8 Å². The van der Waals surface area contributed by atoms with Crippen LogP contribution in [0.5, 0.6) is 0 Å². The maximum Gasteiger partial charge on any atom is 0.338 e. The van der Waals surface area contributed by atoms with Crippen molar-refractivity contribution in [1.29, 1.82) is 0 Å². The highest BCUT2D eigenvalue weighted by Gasteiger charge is 2.21. The van der Waals surface area contributed by atoms with Crippen LogP contribution >= 0.6 is 0 Å². The second-order valence-corrected chi connectivity index (χ2v) is 8.75. The molecule has 0 spiro atoms. The molecule has 0 bridgehead atoms. The average Bonchev–Trinajstić information content (AvgIpc) is 3.61. The van der Waals surface area contributed by atoms with E-state index in [9.17, 15) is 14.7 Å². The Morgan fingerprint density at radius 3 is 2.47 bits per heavy atom. The summed E-state index contributed by atoms with van der Waals surface area (Å²) in [5.74, 6) is -0.372. The van der Waals surface area contributed by atoms with Gasteiger partial charge in [0.2, 0.25) is 0 Å². The van der Waals surface area contributed by atoms with Crippen molar-refractivity contribution >= 4 is 22.9 Å². The van der Waals surface area contributed by atoms with Crippen LogP contribution < -0.4 is 5.32 Å². The van der Waals surface area contributed by atoms with E-state index in [0.717, 1.165) is 16.7 Å². The summed E-state index contributed by atoms with van der Waals surface area (Å²) in [6.07, 6.45) is 0.469. The number of nitrogens with zero attached hydrogens (tertiary/aromatic N) is 2. The van der Waals surface area contributed by atoms with Gasteiger partial charge < -0.3 is 24.1 Å². The summed E-state index contributed by atoms with van der Waals surface area (Å²) in [7, 11) is 0. The highest BCUT2D eigenvalue weighted by Crippen LogP contribution is 2.23. The molecule has 0 saturated heterocycles. The van der Waals surface area contributed by atoms with E-state index in [4.69, 9.17) is 9.15 Å². The number of aliphatic hydroxyl groups is 1. The summed E-state index contributed by atoms with van der Waals surface area (Å²) in [4.78, 5) is 30.2. The molecule has 1 atom stereocenters. The Morgan fingerprint density at radius 2 is 1.76 bits per heavy atom. The topological polar surface area (TPSA) is 107 Å². The molecule has 1 amide bonds. The number of carbonyl (C=O) groups is 2. The average molecular weight is 510 g/mol. The fourth-order valence-corrected chi connectivity index (χ4v) is 4.26. The van der Waals surface area contributed by atoms with Crippen molar-refractivity contribution in [1.82, 2.24) is 14.9 Å². The second-order valence-electron chi connectivity index (χ2n) is 8.75. The lowest BCUT2D eigenvalue weighted by molar-refractivity contribution is 0.0526. The molecular formula is C30H27N3O5. The molecule has 0 aliphatic heterocycles. The van der Waals surface area contributed by atoms with Crippen molar-refractivity contribution in [3.05, 3.63) is 114 Å². The summed E-state index contributed by atoms with van der Waals surface area (Å²) in [6, 6.07) is 26.5.